The van der Waals surface area contributed by atoms with Gasteiger partial charge in [-0.2, -0.15) is 0 Å². The number of primary amides is 1. The monoisotopic (exact) mass is 393 g/mol. The normalized spacial score (nSPS) is 12.5. The molecule has 2 N–H and O–H groups in total. The molecule has 8 heteroatoms. The molecule has 0 aliphatic heterocycles. The van der Waals surface area contributed by atoms with Crippen molar-refractivity contribution in [2.24, 2.45) is 5.73 Å². The Balaban J connectivity index is 2.31. The molecule has 25 heavy (non-hydrogen) atoms. The predicted octanol–water partition coefficient (Wildman–Crippen LogP) is 3.68. The molecule has 2 heterocycles. The van der Waals surface area contributed by atoms with E-state index < -0.39 is 11.2 Å². The first-order valence-corrected chi connectivity index (χ1v) is 9.61. The average Bonchev–Trinajstić information content (AvgIpc) is 2.83. The van der Waals surface area contributed by atoms with Crippen LogP contribution in [0.25, 0.3) is 15.9 Å². The maximum atomic E-state index is 13.2. The van der Waals surface area contributed by atoms with Crippen LogP contribution in [0.3, 0.4) is 0 Å². The number of aromatic nitrogens is 2. The fourth-order valence-electron chi connectivity index (χ4n) is 2.39. The Morgan fingerprint density at radius 2 is 1.96 bits per heavy atom. The molecular weight excluding hydrogens is 378 g/mol. The standard InChI is InChI=1S/C17H16ClN3O2S2/c1-8-9(2)24-15-13(8)16(23)21(12-6-4-11(18)5-7-12)17(20-15)25-10(3)14(19)22/h4-7,10H,1-3H3,(H2,19,22)/t10-/m0/s1. The fraction of sp³-hybridized carbons (Fsp3) is 0.235. The molecule has 0 saturated heterocycles. The van der Waals surface area contributed by atoms with E-state index >= 15 is 0 Å². The van der Waals surface area contributed by atoms with Crippen molar-refractivity contribution >= 4 is 50.8 Å². The number of carbonyl (C=O) groups excluding carboxylic acids is 1. The van der Waals surface area contributed by atoms with Gasteiger partial charge in [-0.3, -0.25) is 14.2 Å². The van der Waals surface area contributed by atoms with Gasteiger partial charge < -0.3 is 5.73 Å². The Bertz CT molecular complexity index is 1030. The Labute approximate surface area is 157 Å². The molecule has 0 radical (unpaired) electrons. The first-order valence-electron chi connectivity index (χ1n) is 7.54. The smallest absolute Gasteiger partial charge is 0.267 e. The van der Waals surface area contributed by atoms with Gasteiger partial charge in [0.25, 0.3) is 5.56 Å². The predicted molar refractivity (Wildman–Crippen MR) is 104 cm³/mol. The quantitative estimate of drug-likeness (QED) is 0.541. The summed E-state index contributed by atoms with van der Waals surface area (Å²) >= 11 is 8.61. The van der Waals surface area contributed by atoms with Crippen molar-refractivity contribution in [3.05, 3.63) is 50.1 Å². The van der Waals surface area contributed by atoms with E-state index in [1.807, 2.05) is 13.8 Å². The van der Waals surface area contributed by atoms with E-state index in [1.165, 1.54) is 27.7 Å². The van der Waals surface area contributed by atoms with Crippen LogP contribution in [-0.4, -0.2) is 20.7 Å². The van der Waals surface area contributed by atoms with Crippen molar-refractivity contribution < 1.29 is 4.79 Å². The lowest BCUT2D eigenvalue weighted by atomic mass is 10.2. The zero-order valence-corrected chi connectivity index (χ0v) is 16.3. The van der Waals surface area contributed by atoms with Gasteiger partial charge >= 0.3 is 0 Å². The van der Waals surface area contributed by atoms with Crippen LogP contribution >= 0.6 is 34.7 Å². The number of thioether (sulfide) groups is 1. The highest BCUT2D eigenvalue weighted by Crippen LogP contribution is 2.31. The van der Waals surface area contributed by atoms with Crippen LogP contribution < -0.4 is 11.3 Å². The lowest BCUT2D eigenvalue weighted by Crippen LogP contribution is -2.26. The van der Waals surface area contributed by atoms with E-state index in [-0.39, 0.29) is 5.56 Å². The summed E-state index contributed by atoms with van der Waals surface area (Å²) in [6.45, 7) is 5.58. The third-order valence-corrected chi connectivity index (χ3v) is 6.36. The van der Waals surface area contributed by atoms with Gasteiger partial charge in [0.2, 0.25) is 5.91 Å². The van der Waals surface area contributed by atoms with E-state index in [9.17, 15) is 9.59 Å². The summed E-state index contributed by atoms with van der Waals surface area (Å²) in [6, 6.07) is 6.94. The molecule has 130 valence electrons. The summed E-state index contributed by atoms with van der Waals surface area (Å²) in [6.07, 6.45) is 0. The molecule has 0 fully saturated rings. The first kappa shape index (κ1) is 18.0. The van der Waals surface area contributed by atoms with Gasteiger partial charge in [-0.1, -0.05) is 23.4 Å². The van der Waals surface area contributed by atoms with Gasteiger partial charge in [-0.25, -0.2) is 4.98 Å². The molecule has 1 aromatic carbocycles. The Morgan fingerprint density at radius 1 is 1.32 bits per heavy atom. The molecular formula is C17H16ClN3O2S2. The van der Waals surface area contributed by atoms with Crippen molar-refractivity contribution in [2.45, 2.75) is 31.2 Å². The van der Waals surface area contributed by atoms with Crippen molar-refractivity contribution in [2.75, 3.05) is 0 Å². The Morgan fingerprint density at radius 3 is 2.56 bits per heavy atom. The number of hydrogen-bond donors (Lipinski definition) is 1. The minimum Gasteiger partial charge on any atom is -0.369 e. The third kappa shape index (κ3) is 3.31. The van der Waals surface area contributed by atoms with Gasteiger partial charge in [-0.15, -0.1) is 11.3 Å². The van der Waals surface area contributed by atoms with Gasteiger partial charge in [0.15, 0.2) is 5.16 Å². The Hall–Kier alpha value is -1.83. The number of carbonyl (C=O) groups is 1. The molecule has 0 spiro atoms. The third-order valence-electron chi connectivity index (χ3n) is 3.94. The van der Waals surface area contributed by atoms with Crippen molar-refractivity contribution in [3.63, 3.8) is 0 Å². The number of aryl methyl sites for hydroxylation is 2. The molecule has 1 atom stereocenters. The minimum atomic E-state index is -0.509. The van der Waals surface area contributed by atoms with Crippen LogP contribution in [0, 0.1) is 13.8 Å². The van der Waals surface area contributed by atoms with Crippen molar-refractivity contribution in [3.8, 4) is 5.69 Å². The summed E-state index contributed by atoms with van der Waals surface area (Å²) in [5.74, 6) is -0.458. The zero-order chi connectivity index (χ0) is 18.3. The van der Waals surface area contributed by atoms with Gasteiger partial charge in [0, 0.05) is 9.90 Å². The highest BCUT2D eigenvalue weighted by Gasteiger charge is 2.21. The second-order valence-corrected chi connectivity index (χ2v) is 8.58. The highest BCUT2D eigenvalue weighted by molar-refractivity contribution is 8.00. The maximum Gasteiger partial charge on any atom is 0.267 e. The van der Waals surface area contributed by atoms with Crippen LogP contribution in [0.1, 0.15) is 17.4 Å². The van der Waals surface area contributed by atoms with Crippen LogP contribution in [-0.2, 0) is 4.79 Å². The zero-order valence-electron chi connectivity index (χ0n) is 13.9. The molecule has 0 aliphatic rings. The number of halogens is 1. The number of hydrogen-bond acceptors (Lipinski definition) is 5. The van der Waals surface area contributed by atoms with Crippen LogP contribution in [0.2, 0.25) is 5.02 Å². The molecule has 5 nitrogen and oxygen atoms in total. The number of nitrogens with two attached hydrogens (primary N) is 1. The minimum absolute atomic E-state index is 0.159. The van der Waals surface area contributed by atoms with Gasteiger partial charge in [0.1, 0.15) is 4.83 Å². The van der Waals surface area contributed by atoms with Gasteiger partial charge in [-0.05, 0) is 50.6 Å². The van der Waals surface area contributed by atoms with E-state index in [1.54, 1.807) is 31.2 Å². The number of amides is 1. The molecule has 3 rings (SSSR count). The number of nitrogens with zero attached hydrogens (tertiary/aromatic N) is 2. The Kier molecular flexibility index (Phi) is 4.90. The molecule has 1 amide bonds. The average molecular weight is 394 g/mol. The number of rotatable bonds is 4. The second kappa shape index (κ2) is 6.82. The topological polar surface area (TPSA) is 78.0 Å². The molecule has 2 aromatic heterocycles. The maximum absolute atomic E-state index is 13.2. The number of benzene rings is 1. The van der Waals surface area contributed by atoms with Crippen LogP contribution in [0.5, 0.6) is 0 Å². The summed E-state index contributed by atoms with van der Waals surface area (Å²) in [5, 5.41) is 1.11. The second-order valence-electron chi connectivity index (χ2n) is 5.64. The summed E-state index contributed by atoms with van der Waals surface area (Å²) < 4.78 is 1.52. The van der Waals surface area contributed by atoms with E-state index in [2.05, 4.69) is 4.98 Å². The highest BCUT2D eigenvalue weighted by atomic mass is 35.5. The van der Waals surface area contributed by atoms with E-state index in [0.717, 1.165) is 10.4 Å². The van der Waals surface area contributed by atoms with Gasteiger partial charge in [0.05, 0.1) is 16.3 Å². The number of thiophene rings is 1. The van der Waals surface area contributed by atoms with Crippen LogP contribution in [0.4, 0.5) is 0 Å². The summed E-state index contributed by atoms with van der Waals surface area (Å²) in [4.78, 5) is 31.0. The number of fused-ring (bicyclic) bond motifs is 1. The molecule has 0 bridgehead atoms. The molecule has 0 saturated carbocycles. The summed E-state index contributed by atoms with van der Waals surface area (Å²) in [5.41, 5.74) is 6.80. The summed E-state index contributed by atoms with van der Waals surface area (Å²) in [7, 11) is 0. The van der Waals surface area contributed by atoms with E-state index in [0.29, 0.717) is 26.1 Å². The lowest BCUT2D eigenvalue weighted by molar-refractivity contribution is -0.117. The van der Waals surface area contributed by atoms with Crippen LogP contribution in [0.15, 0.2) is 34.2 Å². The largest absolute Gasteiger partial charge is 0.369 e. The lowest BCUT2D eigenvalue weighted by Gasteiger charge is -2.14. The molecule has 0 unspecified atom stereocenters. The molecule has 0 aliphatic carbocycles. The molecule has 3 aromatic rings. The van der Waals surface area contributed by atoms with Crippen molar-refractivity contribution in [1.82, 2.24) is 9.55 Å². The van der Waals surface area contributed by atoms with Crippen molar-refractivity contribution in [1.29, 1.82) is 0 Å². The first-order chi connectivity index (χ1) is 11.8. The fourth-order valence-corrected chi connectivity index (χ4v) is 4.46. The SMILES string of the molecule is Cc1sc2nc(S[C@@H](C)C(N)=O)n(-c3ccc(Cl)cc3)c(=O)c2c1C. The van der Waals surface area contributed by atoms with E-state index in [4.69, 9.17) is 17.3 Å².